The summed E-state index contributed by atoms with van der Waals surface area (Å²) in [5.74, 6) is 2.03. The van der Waals surface area contributed by atoms with Crippen molar-refractivity contribution in [2.24, 2.45) is 5.92 Å². The van der Waals surface area contributed by atoms with E-state index in [1.54, 1.807) is 11.0 Å². The Bertz CT molecular complexity index is 631. The Morgan fingerprint density at radius 3 is 2.41 bits per heavy atom. The van der Waals surface area contributed by atoms with Crippen molar-refractivity contribution in [2.75, 3.05) is 45.8 Å². The monoisotopic (exact) mass is 378 g/mol. The summed E-state index contributed by atoms with van der Waals surface area (Å²) in [5.41, 5.74) is 0.615. The maximum atomic E-state index is 13.0. The largest absolute Gasteiger partial charge is 0.466 e. The summed E-state index contributed by atoms with van der Waals surface area (Å²) in [6.45, 7) is 16.1. The van der Waals surface area contributed by atoms with Gasteiger partial charge in [-0.15, -0.1) is 0 Å². The summed E-state index contributed by atoms with van der Waals surface area (Å²) in [5, 5.41) is 0. The molecule has 0 unspecified atom stereocenters. The molecule has 1 aliphatic rings. The fraction of sp³-hybridized carbons (Fsp3) is 0.714. The highest BCUT2D eigenvalue weighted by atomic mass is 16.3. The third-order valence-electron chi connectivity index (χ3n) is 5.45. The molecule has 1 aromatic heterocycles. The minimum atomic E-state index is -0.0296. The molecule has 0 atom stereocenters. The van der Waals surface area contributed by atoms with Crippen molar-refractivity contribution in [1.82, 2.24) is 9.80 Å². The predicted octanol–water partition coefficient (Wildman–Crippen LogP) is 1.52. The number of hydrogen-bond donors (Lipinski definition) is 1. The molecule has 2 amide bonds. The normalized spacial score (nSPS) is 15.4. The van der Waals surface area contributed by atoms with Gasteiger partial charge in [-0.05, 0) is 39.2 Å². The lowest BCUT2D eigenvalue weighted by molar-refractivity contribution is -0.902. The Hall–Kier alpha value is -1.82. The number of amides is 2. The van der Waals surface area contributed by atoms with Crippen LogP contribution in [0.4, 0.5) is 0 Å². The second-order valence-corrected chi connectivity index (χ2v) is 8.04. The zero-order valence-electron chi connectivity index (χ0n) is 17.6. The van der Waals surface area contributed by atoms with Crippen LogP contribution in [0.2, 0.25) is 0 Å². The van der Waals surface area contributed by atoms with Crippen molar-refractivity contribution >= 4 is 11.8 Å². The highest BCUT2D eigenvalue weighted by molar-refractivity contribution is 5.95. The maximum absolute atomic E-state index is 13.0. The number of quaternary nitrogens is 1. The van der Waals surface area contributed by atoms with Gasteiger partial charge in [0.2, 0.25) is 5.91 Å². The Kier molecular flexibility index (Phi) is 7.90. The summed E-state index contributed by atoms with van der Waals surface area (Å²) < 4.78 is 5.53. The molecule has 1 aromatic rings. The third-order valence-corrected chi connectivity index (χ3v) is 5.45. The molecule has 0 spiro atoms. The molecule has 1 saturated heterocycles. The van der Waals surface area contributed by atoms with Gasteiger partial charge in [-0.2, -0.15) is 0 Å². The molecule has 1 N–H and O–H groups in total. The van der Waals surface area contributed by atoms with Gasteiger partial charge in [-0.25, -0.2) is 0 Å². The average molecular weight is 379 g/mol. The molecule has 0 saturated carbocycles. The number of piperazine rings is 1. The average Bonchev–Trinajstić information content (AvgIpc) is 2.99. The van der Waals surface area contributed by atoms with Crippen LogP contribution < -0.4 is 4.90 Å². The number of aryl methyl sites for hydroxylation is 2. The quantitative estimate of drug-likeness (QED) is 0.746. The van der Waals surface area contributed by atoms with Crippen LogP contribution in [0.3, 0.4) is 0 Å². The van der Waals surface area contributed by atoms with Gasteiger partial charge in [0.1, 0.15) is 11.5 Å². The van der Waals surface area contributed by atoms with E-state index in [1.807, 2.05) is 23.6 Å². The number of likely N-dealkylation sites (N-methyl/N-ethyl adjacent to an activating group) is 1. The molecule has 1 aliphatic heterocycles. The Labute approximate surface area is 163 Å². The fourth-order valence-corrected chi connectivity index (χ4v) is 3.56. The number of carbonyl (C=O) groups excluding carboxylic acids is 2. The van der Waals surface area contributed by atoms with Crippen molar-refractivity contribution < 1.29 is 18.9 Å². The summed E-state index contributed by atoms with van der Waals surface area (Å²) in [4.78, 5) is 31.0. The molecule has 2 heterocycles. The first-order chi connectivity index (χ1) is 12.8. The van der Waals surface area contributed by atoms with Crippen LogP contribution in [0.1, 0.15) is 55.5 Å². The summed E-state index contributed by atoms with van der Waals surface area (Å²) in [7, 11) is 0. The lowest BCUT2D eigenvalue weighted by Crippen LogP contribution is -3.14. The van der Waals surface area contributed by atoms with Crippen LogP contribution in [0.5, 0.6) is 0 Å². The van der Waals surface area contributed by atoms with E-state index in [-0.39, 0.29) is 11.8 Å². The van der Waals surface area contributed by atoms with Gasteiger partial charge >= 0.3 is 0 Å². The summed E-state index contributed by atoms with van der Waals surface area (Å²) in [6.07, 6.45) is 1.32. The minimum Gasteiger partial charge on any atom is -0.466 e. The number of rotatable bonds is 8. The summed E-state index contributed by atoms with van der Waals surface area (Å²) >= 11 is 0. The lowest BCUT2D eigenvalue weighted by atomic mass is 10.1. The Morgan fingerprint density at radius 1 is 1.22 bits per heavy atom. The van der Waals surface area contributed by atoms with E-state index in [9.17, 15) is 9.59 Å². The highest BCUT2D eigenvalue weighted by Crippen LogP contribution is 2.17. The molecular weight excluding hydrogens is 342 g/mol. The maximum Gasteiger partial charge on any atom is 0.257 e. The zero-order chi connectivity index (χ0) is 20.0. The van der Waals surface area contributed by atoms with Gasteiger partial charge in [0, 0.05) is 19.5 Å². The number of hydrogen-bond acceptors (Lipinski definition) is 3. The number of carbonyl (C=O) groups is 2. The van der Waals surface area contributed by atoms with Crippen LogP contribution in [0.15, 0.2) is 10.5 Å². The molecule has 6 nitrogen and oxygen atoms in total. The molecule has 0 bridgehead atoms. The first kappa shape index (κ1) is 21.5. The van der Waals surface area contributed by atoms with E-state index >= 15 is 0 Å². The zero-order valence-corrected chi connectivity index (χ0v) is 17.6. The first-order valence-electron chi connectivity index (χ1n) is 10.3. The Balaban J connectivity index is 1.96. The summed E-state index contributed by atoms with van der Waals surface area (Å²) in [6, 6.07) is 1.80. The van der Waals surface area contributed by atoms with Gasteiger partial charge < -0.3 is 19.1 Å². The van der Waals surface area contributed by atoms with Gasteiger partial charge in [0.05, 0.1) is 38.3 Å². The topological polar surface area (TPSA) is 58.2 Å². The van der Waals surface area contributed by atoms with Gasteiger partial charge in [0.15, 0.2) is 0 Å². The highest BCUT2D eigenvalue weighted by Gasteiger charge is 2.25. The molecule has 0 aromatic carbocycles. The van der Waals surface area contributed by atoms with Gasteiger partial charge in [-0.3, -0.25) is 9.59 Å². The van der Waals surface area contributed by atoms with Crippen LogP contribution in [-0.4, -0.2) is 67.4 Å². The minimum absolute atomic E-state index is 0.0296. The van der Waals surface area contributed by atoms with E-state index in [2.05, 4.69) is 20.8 Å². The second kappa shape index (κ2) is 9.93. The van der Waals surface area contributed by atoms with Crippen molar-refractivity contribution in [3.8, 4) is 0 Å². The molecule has 1 fully saturated rings. The van der Waals surface area contributed by atoms with Crippen LogP contribution in [0.25, 0.3) is 0 Å². The number of furan rings is 1. The molecule has 6 heteroatoms. The van der Waals surface area contributed by atoms with Crippen molar-refractivity contribution in [1.29, 1.82) is 0 Å². The van der Waals surface area contributed by atoms with E-state index < -0.39 is 0 Å². The van der Waals surface area contributed by atoms with E-state index in [0.29, 0.717) is 36.8 Å². The Morgan fingerprint density at radius 2 is 1.89 bits per heavy atom. The smallest absolute Gasteiger partial charge is 0.257 e. The van der Waals surface area contributed by atoms with E-state index in [4.69, 9.17) is 4.42 Å². The van der Waals surface area contributed by atoms with Gasteiger partial charge in [0.25, 0.3) is 5.91 Å². The molecule has 0 aliphatic carbocycles. The standard InChI is InChI=1S/C21H35N3O3/c1-6-22-11-13-23(14-12-22)20(25)8-10-24(9-7-16(2)3)21(26)19-15-17(4)27-18(19)5/h15-16H,6-14H2,1-5H3/p+1. The van der Waals surface area contributed by atoms with Crippen molar-refractivity contribution in [3.63, 3.8) is 0 Å². The fourth-order valence-electron chi connectivity index (χ4n) is 3.56. The second-order valence-electron chi connectivity index (χ2n) is 8.04. The molecular formula is C21H36N3O3+. The van der Waals surface area contributed by atoms with Gasteiger partial charge in [-0.1, -0.05) is 13.8 Å². The number of nitrogens with one attached hydrogen (secondary N) is 1. The van der Waals surface area contributed by atoms with E-state index in [0.717, 1.165) is 44.9 Å². The third kappa shape index (κ3) is 6.09. The lowest BCUT2D eigenvalue weighted by Gasteiger charge is -2.32. The van der Waals surface area contributed by atoms with Crippen LogP contribution in [-0.2, 0) is 4.79 Å². The van der Waals surface area contributed by atoms with Crippen molar-refractivity contribution in [2.45, 2.75) is 47.5 Å². The van der Waals surface area contributed by atoms with Crippen LogP contribution in [0, 0.1) is 19.8 Å². The molecule has 27 heavy (non-hydrogen) atoms. The molecule has 0 radical (unpaired) electrons. The van der Waals surface area contributed by atoms with Crippen molar-refractivity contribution in [3.05, 3.63) is 23.2 Å². The number of nitrogens with zero attached hydrogens (tertiary/aromatic N) is 2. The van der Waals surface area contributed by atoms with E-state index in [1.165, 1.54) is 0 Å². The SMILES string of the molecule is CC[NH+]1CCN(C(=O)CCN(CCC(C)C)C(=O)c2cc(C)oc2C)CC1. The predicted molar refractivity (Wildman–Crippen MR) is 106 cm³/mol. The molecule has 152 valence electrons. The first-order valence-corrected chi connectivity index (χ1v) is 10.3. The van der Waals surface area contributed by atoms with Crippen LogP contribution >= 0.6 is 0 Å². The molecule has 2 rings (SSSR count).